The fraction of sp³-hybridized carbons (Fsp3) is 0.962. The molecule has 1 amide bonds. The van der Waals surface area contributed by atoms with Crippen molar-refractivity contribution >= 4 is 16.0 Å². The Morgan fingerprint density at radius 3 is 2.40 bits per heavy atom. The van der Waals surface area contributed by atoms with Crippen LogP contribution in [0.1, 0.15) is 85.0 Å². The first kappa shape index (κ1) is 29.9. The molecule has 4 aliphatic carbocycles. The zero-order chi connectivity index (χ0) is 24.9. The Balaban J connectivity index is 0.00000342. The molecule has 0 aromatic rings. The van der Waals surface area contributed by atoms with Crippen molar-refractivity contribution in [1.82, 2.24) is 5.32 Å². The van der Waals surface area contributed by atoms with Crippen LogP contribution < -0.4 is 34.9 Å². The van der Waals surface area contributed by atoms with E-state index in [1.165, 1.54) is 6.42 Å². The summed E-state index contributed by atoms with van der Waals surface area (Å²) < 4.78 is 32.2. The summed E-state index contributed by atoms with van der Waals surface area (Å²) in [6.07, 6.45) is 8.78. The molecule has 4 fully saturated rings. The first-order valence-electron chi connectivity index (χ1n) is 13.4. The van der Waals surface area contributed by atoms with E-state index in [1.807, 2.05) is 0 Å². The molecule has 0 aliphatic heterocycles. The van der Waals surface area contributed by atoms with Crippen LogP contribution in [0.15, 0.2) is 0 Å². The zero-order valence-electron chi connectivity index (χ0n) is 22.0. The summed E-state index contributed by atoms with van der Waals surface area (Å²) in [6.45, 7) is 6.96. The molecule has 3 N–H and O–H groups in total. The third-order valence-electron chi connectivity index (χ3n) is 10.9. The summed E-state index contributed by atoms with van der Waals surface area (Å²) in [5.41, 5.74) is 0.399. The molecule has 0 aromatic carbocycles. The summed E-state index contributed by atoms with van der Waals surface area (Å²) >= 11 is 0. The number of nitrogens with one attached hydrogen (secondary N) is 1. The Labute approximate surface area is 233 Å². The van der Waals surface area contributed by atoms with E-state index in [0.717, 1.165) is 51.4 Å². The van der Waals surface area contributed by atoms with Gasteiger partial charge in [-0.05, 0) is 104 Å². The van der Waals surface area contributed by atoms with Crippen molar-refractivity contribution in [2.24, 2.45) is 46.3 Å². The first-order chi connectivity index (χ1) is 15.8. The molecule has 0 radical (unpaired) electrons. The van der Waals surface area contributed by atoms with Crippen molar-refractivity contribution in [2.45, 2.75) is 97.2 Å². The molecule has 0 saturated heterocycles. The van der Waals surface area contributed by atoms with Crippen LogP contribution in [0, 0.1) is 46.3 Å². The number of aliphatic hydroxyl groups is 2. The quantitative estimate of drug-likeness (QED) is 0.321. The molecule has 4 aliphatic rings. The van der Waals surface area contributed by atoms with Crippen LogP contribution in [0.4, 0.5) is 0 Å². The predicted octanol–water partition coefficient (Wildman–Crippen LogP) is 0.0587. The van der Waals surface area contributed by atoms with Gasteiger partial charge in [0.25, 0.3) is 0 Å². The van der Waals surface area contributed by atoms with E-state index in [4.69, 9.17) is 0 Å². The predicted molar refractivity (Wildman–Crippen MR) is 129 cm³/mol. The van der Waals surface area contributed by atoms with E-state index in [0.29, 0.717) is 41.9 Å². The molecular formula is C26H44NNaO6S. The maximum Gasteiger partial charge on any atom is 1.00 e. The van der Waals surface area contributed by atoms with Gasteiger partial charge in [0, 0.05) is 13.0 Å². The number of hydrogen-bond donors (Lipinski definition) is 3. The van der Waals surface area contributed by atoms with E-state index in [2.05, 4.69) is 26.1 Å². The molecular weight excluding hydrogens is 477 g/mol. The summed E-state index contributed by atoms with van der Waals surface area (Å²) in [5, 5.41) is 24.2. The van der Waals surface area contributed by atoms with Gasteiger partial charge in [-0.2, -0.15) is 0 Å². The van der Waals surface area contributed by atoms with Crippen molar-refractivity contribution < 1.29 is 57.5 Å². The van der Waals surface area contributed by atoms with Gasteiger partial charge in [0.1, 0.15) is 0 Å². The Kier molecular flexibility index (Phi) is 9.54. The Hall–Kier alpha value is 0.300. The van der Waals surface area contributed by atoms with Crippen LogP contribution in [0.5, 0.6) is 0 Å². The van der Waals surface area contributed by atoms with Crippen molar-refractivity contribution in [3.05, 3.63) is 0 Å². The first-order valence-corrected chi connectivity index (χ1v) is 15.0. The molecule has 0 bridgehead atoms. The van der Waals surface area contributed by atoms with Gasteiger partial charge in [0.2, 0.25) is 5.91 Å². The van der Waals surface area contributed by atoms with Gasteiger partial charge < -0.3 is 20.1 Å². The second-order valence-electron chi connectivity index (χ2n) is 12.6. The summed E-state index contributed by atoms with van der Waals surface area (Å²) in [6, 6.07) is 0. The third kappa shape index (κ3) is 5.99. The standard InChI is InChI=1S/C26H45NO6S.Na/c1-16(4-7-23(30)27-12-13-34(31,32)33)19-5-6-20-24-21(9-11-26(19,20)3)25(2)10-8-18(28)14-17(25)15-22(24)29;/h16-22,24,28-29H,4-15H2,1-3H3,(H,27,30)(H,31,32,33);/q;+1/p-1/t16-,17?,18-,19-,20?,21?,22-,24?,25+,26-;/m0./s1. The van der Waals surface area contributed by atoms with Crippen molar-refractivity contribution in [3.63, 3.8) is 0 Å². The van der Waals surface area contributed by atoms with Gasteiger partial charge in [0.15, 0.2) is 0 Å². The molecule has 0 aromatic heterocycles. The third-order valence-corrected chi connectivity index (χ3v) is 11.6. The molecule has 0 spiro atoms. The zero-order valence-corrected chi connectivity index (χ0v) is 24.9. The number of aliphatic hydroxyl groups excluding tert-OH is 2. The topological polar surface area (TPSA) is 127 Å². The fourth-order valence-electron chi connectivity index (χ4n) is 9.14. The number of carbonyl (C=O) groups excluding carboxylic acids is 1. The van der Waals surface area contributed by atoms with Crippen LogP contribution >= 0.6 is 0 Å². The summed E-state index contributed by atoms with van der Waals surface area (Å²) in [4.78, 5) is 12.2. The maximum atomic E-state index is 12.2. The minimum atomic E-state index is -4.31. The molecule has 4 saturated carbocycles. The smallest absolute Gasteiger partial charge is 0.748 e. The van der Waals surface area contributed by atoms with E-state index >= 15 is 0 Å². The van der Waals surface area contributed by atoms with Crippen LogP contribution in [-0.2, 0) is 14.9 Å². The maximum absolute atomic E-state index is 12.2. The van der Waals surface area contributed by atoms with Crippen molar-refractivity contribution in [2.75, 3.05) is 12.3 Å². The number of carbonyl (C=O) groups is 1. The van der Waals surface area contributed by atoms with Gasteiger partial charge in [-0.15, -0.1) is 0 Å². The van der Waals surface area contributed by atoms with E-state index in [1.54, 1.807) is 0 Å². The van der Waals surface area contributed by atoms with E-state index in [-0.39, 0.29) is 65.0 Å². The normalized spacial score (nSPS) is 43.8. The number of hydrogen-bond acceptors (Lipinski definition) is 6. The molecule has 7 nitrogen and oxygen atoms in total. The molecule has 4 rings (SSSR count). The summed E-state index contributed by atoms with van der Waals surface area (Å²) in [7, 11) is -4.31. The number of rotatable bonds is 7. The van der Waals surface area contributed by atoms with Gasteiger partial charge in [-0.1, -0.05) is 20.8 Å². The van der Waals surface area contributed by atoms with Gasteiger partial charge in [-0.25, -0.2) is 8.42 Å². The molecule has 4 unspecified atom stereocenters. The van der Waals surface area contributed by atoms with Crippen LogP contribution in [0.2, 0.25) is 0 Å². The van der Waals surface area contributed by atoms with Gasteiger partial charge >= 0.3 is 29.6 Å². The summed E-state index contributed by atoms with van der Waals surface area (Å²) in [5.74, 6) is 1.92. The van der Waals surface area contributed by atoms with E-state index < -0.39 is 15.9 Å². The van der Waals surface area contributed by atoms with Crippen molar-refractivity contribution in [3.8, 4) is 0 Å². The molecule has 196 valence electrons. The molecule has 9 heteroatoms. The monoisotopic (exact) mass is 521 g/mol. The number of amides is 1. The molecule has 35 heavy (non-hydrogen) atoms. The second kappa shape index (κ2) is 11.2. The molecule has 0 heterocycles. The van der Waals surface area contributed by atoms with Crippen LogP contribution in [-0.4, -0.2) is 53.6 Å². The Morgan fingerprint density at radius 1 is 1.06 bits per heavy atom. The van der Waals surface area contributed by atoms with E-state index in [9.17, 15) is 28.0 Å². The van der Waals surface area contributed by atoms with Crippen molar-refractivity contribution in [1.29, 1.82) is 0 Å². The second-order valence-corrected chi connectivity index (χ2v) is 14.1. The average molecular weight is 522 g/mol. The molecule has 10 atom stereocenters. The average Bonchev–Trinajstić information content (AvgIpc) is 3.09. The number of fused-ring (bicyclic) bond motifs is 5. The SMILES string of the molecule is C[C@@H](CCC(=O)NCCS(=O)(=O)[O-])[C@@H]1CCC2C3C(CC[C@]21C)[C@]1(C)CC[C@H](O)CC1C[C@@H]3O.[Na+]. The van der Waals surface area contributed by atoms with Crippen LogP contribution in [0.3, 0.4) is 0 Å². The minimum Gasteiger partial charge on any atom is -0.748 e. The minimum absolute atomic E-state index is 0. The van der Waals surface area contributed by atoms with Crippen LogP contribution in [0.25, 0.3) is 0 Å². The van der Waals surface area contributed by atoms with Gasteiger partial charge in [0.05, 0.1) is 28.1 Å². The Bertz CT molecular complexity index is 870. The Morgan fingerprint density at radius 2 is 1.71 bits per heavy atom. The largest absolute Gasteiger partial charge is 1.00 e. The fourth-order valence-corrected chi connectivity index (χ4v) is 9.49. The van der Waals surface area contributed by atoms with Gasteiger partial charge in [-0.3, -0.25) is 4.79 Å².